The van der Waals surface area contributed by atoms with Crippen LogP contribution in [-0.4, -0.2) is 35.0 Å². The number of benzene rings is 2. The van der Waals surface area contributed by atoms with Crippen molar-refractivity contribution in [2.24, 2.45) is 0 Å². The Bertz CT molecular complexity index is 1390. The molecule has 0 N–H and O–H groups in total. The standard InChI is InChI=1S/C32H34N2O6/c1-4-8-21-17-22(18-28(39-3)32(21)40-19-20-13-15-23(16-14-20)34(37)38)29-30-24(9-6-11-26(30)35)33(5-2)25-10-7-12-27(36)31(25)29/h4,13-18,29H,1,5-12,19H2,2-3H3. The maximum absolute atomic E-state index is 13.5. The largest absolute Gasteiger partial charge is 0.493 e. The van der Waals surface area contributed by atoms with E-state index in [-0.39, 0.29) is 23.9 Å². The molecule has 0 saturated carbocycles. The molecule has 0 atom stereocenters. The van der Waals surface area contributed by atoms with E-state index >= 15 is 0 Å². The predicted molar refractivity (Wildman–Crippen MR) is 151 cm³/mol. The first kappa shape index (κ1) is 27.4. The summed E-state index contributed by atoms with van der Waals surface area (Å²) in [5.74, 6) is 0.832. The van der Waals surface area contributed by atoms with Gasteiger partial charge in [0.25, 0.3) is 5.69 Å². The van der Waals surface area contributed by atoms with Crippen LogP contribution in [0, 0.1) is 10.1 Å². The fourth-order valence-corrected chi connectivity index (χ4v) is 6.27. The summed E-state index contributed by atoms with van der Waals surface area (Å²) in [6.07, 6.45) is 6.52. The van der Waals surface area contributed by atoms with E-state index in [1.807, 2.05) is 12.1 Å². The number of carbonyl (C=O) groups excluding carboxylic acids is 2. The van der Waals surface area contributed by atoms with Gasteiger partial charge in [0.2, 0.25) is 0 Å². The lowest BCUT2D eigenvalue weighted by Crippen LogP contribution is -2.39. The van der Waals surface area contributed by atoms with Gasteiger partial charge in [-0.2, -0.15) is 0 Å². The number of nitro groups is 1. The molecule has 2 aliphatic carbocycles. The Morgan fingerprint density at radius 2 is 1.65 bits per heavy atom. The average molecular weight is 543 g/mol. The molecule has 0 unspecified atom stereocenters. The lowest BCUT2D eigenvalue weighted by molar-refractivity contribution is -0.384. The maximum atomic E-state index is 13.5. The van der Waals surface area contributed by atoms with Crippen LogP contribution in [0.4, 0.5) is 5.69 Å². The number of ether oxygens (including phenoxy) is 2. The Morgan fingerprint density at radius 1 is 1.02 bits per heavy atom. The fourth-order valence-electron chi connectivity index (χ4n) is 6.27. The molecule has 0 spiro atoms. The molecular formula is C32H34N2O6. The zero-order valence-electron chi connectivity index (χ0n) is 23.0. The molecule has 8 heteroatoms. The molecule has 0 fully saturated rings. The summed E-state index contributed by atoms with van der Waals surface area (Å²) in [4.78, 5) is 39.7. The molecule has 2 aromatic carbocycles. The Balaban J connectivity index is 1.60. The molecule has 0 bridgehead atoms. The highest BCUT2D eigenvalue weighted by Crippen LogP contribution is 2.50. The zero-order valence-corrected chi connectivity index (χ0v) is 23.0. The highest BCUT2D eigenvalue weighted by atomic mass is 16.6. The molecule has 1 heterocycles. The van der Waals surface area contributed by atoms with E-state index < -0.39 is 10.8 Å². The van der Waals surface area contributed by atoms with Crippen molar-refractivity contribution >= 4 is 17.3 Å². The molecule has 208 valence electrons. The summed E-state index contributed by atoms with van der Waals surface area (Å²) in [5.41, 5.74) is 6.07. The summed E-state index contributed by atoms with van der Waals surface area (Å²) < 4.78 is 12.0. The van der Waals surface area contributed by atoms with Crippen LogP contribution in [0.5, 0.6) is 11.5 Å². The predicted octanol–water partition coefficient (Wildman–Crippen LogP) is 6.34. The smallest absolute Gasteiger partial charge is 0.269 e. The molecular weight excluding hydrogens is 508 g/mol. The molecule has 1 aliphatic heterocycles. The Morgan fingerprint density at radius 3 is 2.17 bits per heavy atom. The van der Waals surface area contributed by atoms with Crippen LogP contribution in [0.1, 0.15) is 68.1 Å². The van der Waals surface area contributed by atoms with Gasteiger partial charge in [-0.1, -0.05) is 12.1 Å². The highest BCUT2D eigenvalue weighted by Gasteiger charge is 2.43. The van der Waals surface area contributed by atoms with Gasteiger partial charge < -0.3 is 14.4 Å². The van der Waals surface area contributed by atoms with Gasteiger partial charge in [0.05, 0.1) is 12.0 Å². The van der Waals surface area contributed by atoms with Gasteiger partial charge in [-0.15, -0.1) is 6.58 Å². The average Bonchev–Trinajstić information content (AvgIpc) is 2.95. The van der Waals surface area contributed by atoms with Crippen molar-refractivity contribution in [2.45, 2.75) is 64.4 Å². The van der Waals surface area contributed by atoms with Crippen LogP contribution in [0.3, 0.4) is 0 Å². The van der Waals surface area contributed by atoms with Crippen LogP contribution in [0.15, 0.2) is 71.6 Å². The molecule has 2 aromatic rings. The highest BCUT2D eigenvalue weighted by molar-refractivity contribution is 6.06. The first-order chi connectivity index (χ1) is 19.4. The lowest BCUT2D eigenvalue weighted by atomic mass is 9.70. The topological polar surface area (TPSA) is 99.0 Å². The van der Waals surface area contributed by atoms with Crippen LogP contribution in [0.25, 0.3) is 0 Å². The summed E-state index contributed by atoms with van der Waals surface area (Å²) >= 11 is 0. The second-order valence-electron chi connectivity index (χ2n) is 10.4. The van der Waals surface area contributed by atoms with E-state index in [1.54, 1.807) is 25.3 Å². The minimum absolute atomic E-state index is 0.0176. The molecule has 0 amide bonds. The van der Waals surface area contributed by atoms with Crippen LogP contribution in [-0.2, 0) is 22.6 Å². The SMILES string of the molecule is C=CCc1cc(C2C3=C(CCCC3=O)N(CC)C3=C2C(=O)CCC3)cc(OC)c1OCc1ccc([N+](=O)[O-])cc1. The van der Waals surface area contributed by atoms with Gasteiger partial charge in [-0.25, -0.2) is 0 Å². The number of rotatable bonds is 9. The van der Waals surface area contributed by atoms with Crippen LogP contribution in [0.2, 0.25) is 0 Å². The summed E-state index contributed by atoms with van der Waals surface area (Å²) in [5, 5.41) is 11.0. The minimum Gasteiger partial charge on any atom is -0.493 e. The fraction of sp³-hybridized carbons (Fsp3) is 0.375. The molecule has 0 saturated heterocycles. The van der Waals surface area contributed by atoms with E-state index in [0.29, 0.717) is 30.8 Å². The van der Waals surface area contributed by atoms with Gasteiger partial charge in [-0.05, 0) is 68.4 Å². The molecule has 3 aliphatic rings. The minimum atomic E-state index is -0.436. The van der Waals surface area contributed by atoms with Crippen molar-refractivity contribution in [1.82, 2.24) is 4.90 Å². The van der Waals surface area contributed by atoms with E-state index in [0.717, 1.165) is 71.5 Å². The Hall–Kier alpha value is -4.20. The number of Topliss-reactive ketones (excluding diaryl/α,β-unsaturated/α-hetero) is 2. The maximum Gasteiger partial charge on any atom is 0.269 e. The van der Waals surface area contributed by atoms with Crippen molar-refractivity contribution in [1.29, 1.82) is 0 Å². The van der Waals surface area contributed by atoms with Crippen LogP contribution >= 0.6 is 0 Å². The third kappa shape index (κ3) is 4.94. The second kappa shape index (κ2) is 11.5. The third-order valence-corrected chi connectivity index (χ3v) is 8.00. The van der Waals surface area contributed by atoms with Crippen molar-refractivity contribution in [3.05, 3.63) is 98.4 Å². The van der Waals surface area contributed by atoms with E-state index in [2.05, 4.69) is 18.4 Å². The van der Waals surface area contributed by atoms with Crippen molar-refractivity contribution in [2.75, 3.05) is 13.7 Å². The normalized spacial score (nSPS) is 17.5. The van der Waals surface area contributed by atoms with E-state index in [1.165, 1.54) is 12.1 Å². The summed E-state index contributed by atoms with van der Waals surface area (Å²) in [6.45, 7) is 6.92. The number of ketones is 2. The van der Waals surface area contributed by atoms with Gasteiger partial charge in [0, 0.05) is 65.5 Å². The molecule has 0 radical (unpaired) electrons. The molecule has 40 heavy (non-hydrogen) atoms. The van der Waals surface area contributed by atoms with Crippen molar-refractivity contribution < 1.29 is 24.0 Å². The summed E-state index contributed by atoms with van der Waals surface area (Å²) in [7, 11) is 1.57. The number of methoxy groups -OCH3 is 1. The number of allylic oxidation sites excluding steroid dienone is 5. The van der Waals surface area contributed by atoms with Crippen LogP contribution < -0.4 is 9.47 Å². The number of non-ortho nitro benzene ring substituents is 1. The monoisotopic (exact) mass is 542 g/mol. The first-order valence-electron chi connectivity index (χ1n) is 13.9. The van der Waals surface area contributed by atoms with Crippen molar-refractivity contribution in [3.8, 4) is 11.5 Å². The Kier molecular flexibility index (Phi) is 7.87. The number of nitrogens with zero attached hydrogens (tertiary/aromatic N) is 2. The lowest BCUT2D eigenvalue weighted by Gasteiger charge is -2.43. The summed E-state index contributed by atoms with van der Waals surface area (Å²) in [6, 6.07) is 10.1. The van der Waals surface area contributed by atoms with Gasteiger partial charge in [-0.3, -0.25) is 19.7 Å². The molecule has 8 nitrogen and oxygen atoms in total. The Labute approximate surface area is 234 Å². The molecule has 5 rings (SSSR count). The second-order valence-corrected chi connectivity index (χ2v) is 10.4. The van der Waals surface area contributed by atoms with E-state index in [9.17, 15) is 19.7 Å². The zero-order chi connectivity index (χ0) is 28.4. The quantitative estimate of drug-likeness (QED) is 0.207. The molecule has 0 aromatic heterocycles. The van der Waals surface area contributed by atoms with E-state index in [4.69, 9.17) is 9.47 Å². The number of carbonyl (C=O) groups is 2. The first-order valence-corrected chi connectivity index (χ1v) is 13.9. The number of hydrogen-bond donors (Lipinski definition) is 0. The van der Waals surface area contributed by atoms with Crippen molar-refractivity contribution in [3.63, 3.8) is 0 Å². The third-order valence-electron chi connectivity index (χ3n) is 8.00. The van der Waals surface area contributed by atoms with Gasteiger partial charge >= 0.3 is 0 Å². The number of nitro benzene ring substituents is 1. The number of hydrogen-bond acceptors (Lipinski definition) is 7. The van der Waals surface area contributed by atoms with Gasteiger partial charge in [0.1, 0.15) is 6.61 Å². The van der Waals surface area contributed by atoms with Gasteiger partial charge in [0.15, 0.2) is 23.1 Å².